The van der Waals surface area contributed by atoms with Gasteiger partial charge in [-0.25, -0.2) is 14.8 Å². The normalized spacial score (nSPS) is 16.7. The summed E-state index contributed by atoms with van der Waals surface area (Å²) in [6, 6.07) is 0. The number of esters is 1. The highest BCUT2D eigenvalue weighted by Crippen LogP contribution is 2.28. The molecule has 26 heavy (non-hydrogen) atoms. The van der Waals surface area contributed by atoms with Gasteiger partial charge in [-0.2, -0.15) is 0 Å². The first kappa shape index (κ1) is 19.6. The van der Waals surface area contributed by atoms with Gasteiger partial charge in [-0.1, -0.05) is 0 Å². The third-order valence-electron chi connectivity index (χ3n) is 4.69. The molecule has 0 saturated carbocycles. The van der Waals surface area contributed by atoms with Gasteiger partial charge in [-0.15, -0.1) is 0 Å². The molecule has 1 saturated heterocycles. The van der Waals surface area contributed by atoms with Gasteiger partial charge < -0.3 is 24.9 Å². The summed E-state index contributed by atoms with van der Waals surface area (Å²) in [6.07, 6.45) is 1.67. The highest BCUT2D eigenvalue weighted by atomic mass is 16.5. The smallest absolute Gasteiger partial charge is 0.396 e. The number of aromatic nitrogens is 2. The highest BCUT2D eigenvalue weighted by Gasteiger charge is 2.45. The van der Waals surface area contributed by atoms with Gasteiger partial charge in [0.2, 0.25) is 5.95 Å². The van der Waals surface area contributed by atoms with E-state index in [9.17, 15) is 19.5 Å². The molecule has 10 heteroatoms. The highest BCUT2D eigenvalue weighted by molar-refractivity contribution is 6.37. The van der Waals surface area contributed by atoms with Gasteiger partial charge in [0.25, 0.3) is 6.09 Å². The molecule has 0 atom stereocenters. The lowest BCUT2D eigenvalue weighted by atomic mass is 10.00. The molecule has 0 spiro atoms. The molecule has 0 radical (unpaired) electrons. The third-order valence-corrected chi connectivity index (χ3v) is 4.69. The van der Waals surface area contributed by atoms with Crippen molar-refractivity contribution in [3.05, 3.63) is 12.4 Å². The summed E-state index contributed by atoms with van der Waals surface area (Å²) < 4.78 is 4.19. The molecule has 142 valence electrons. The van der Waals surface area contributed by atoms with E-state index in [-0.39, 0.29) is 10.2 Å². The zero-order valence-electron chi connectivity index (χ0n) is 15.3. The number of rotatable bonds is 2. The van der Waals surface area contributed by atoms with E-state index in [1.165, 1.54) is 12.4 Å². The topological polar surface area (TPSA) is 125 Å². The minimum atomic E-state index is -1.08. The minimum absolute atomic E-state index is 0.128. The minimum Gasteiger partial charge on any atom is -0.498 e. The molecule has 10 nitrogen and oxygen atoms in total. The monoisotopic (exact) mass is 365 g/mol. The van der Waals surface area contributed by atoms with Crippen LogP contribution >= 0.6 is 0 Å². The number of amides is 2. The number of hydrogen-bond acceptors (Lipinski definition) is 8. The first-order chi connectivity index (χ1) is 12.1. The molecule has 0 bridgehead atoms. The van der Waals surface area contributed by atoms with Crippen LogP contribution in [0.2, 0.25) is 0 Å². The Morgan fingerprint density at radius 1 is 1.19 bits per heavy atom. The fourth-order valence-corrected chi connectivity index (χ4v) is 2.96. The molecule has 1 aromatic heterocycles. The van der Waals surface area contributed by atoms with Gasteiger partial charge in [0, 0.05) is 0 Å². The van der Waals surface area contributed by atoms with Crippen LogP contribution in [-0.4, -0.2) is 71.2 Å². The molecular weight excluding hydrogens is 342 g/mol. The van der Waals surface area contributed by atoms with Crippen molar-refractivity contribution < 1.29 is 28.7 Å². The number of nitrogens with zero attached hydrogens (tertiary/aromatic N) is 4. The van der Waals surface area contributed by atoms with Crippen LogP contribution < -0.4 is 15.3 Å². The van der Waals surface area contributed by atoms with E-state index in [1.54, 1.807) is 0 Å². The van der Waals surface area contributed by atoms with Crippen LogP contribution in [0.5, 0.6) is 0 Å². The number of carbonyl (C=O) groups is 3. The van der Waals surface area contributed by atoms with Gasteiger partial charge in [0.05, 0.1) is 43.8 Å². The van der Waals surface area contributed by atoms with Crippen LogP contribution in [-0.2, 0) is 14.3 Å². The van der Waals surface area contributed by atoms with Crippen LogP contribution in [0.15, 0.2) is 12.4 Å². The van der Waals surface area contributed by atoms with Crippen LogP contribution in [0.3, 0.4) is 0 Å². The Labute approximate surface area is 151 Å². The number of nitrogens with one attached hydrogen (secondary N) is 1. The largest absolute Gasteiger partial charge is 0.498 e. The van der Waals surface area contributed by atoms with Crippen molar-refractivity contribution in [1.82, 2.24) is 9.97 Å². The summed E-state index contributed by atoms with van der Waals surface area (Å²) in [5, 5.41) is 14.1. The van der Waals surface area contributed by atoms with E-state index in [1.807, 2.05) is 25.7 Å². The van der Waals surface area contributed by atoms with E-state index < -0.39 is 23.5 Å². The Morgan fingerprint density at radius 2 is 1.73 bits per heavy atom. The number of ether oxygens (including phenoxy) is 1. The zero-order valence-corrected chi connectivity index (χ0v) is 15.3. The lowest BCUT2D eigenvalue weighted by Crippen LogP contribution is -2.73. The molecule has 2 amide bonds. The maximum Gasteiger partial charge on any atom is 0.396 e. The second kappa shape index (κ2) is 7.24. The lowest BCUT2D eigenvalue weighted by Gasteiger charge is -2.51. The SMILES string of the molecule is COC(=O)C(=O)Nc1cnc(N2CC[N+](C(=O)[O-])(C(C)(C)C)CC2)nc1. The first-order valence-electron chi connectivity index (χ1n) is 8.16. The number of carboxylic acid groups (broad SMARTS) is 1. The second-order valence-electron chi connectivity index (χ2n) is 7.06. The molecule has 2 heterocycles. The van der Waals surface area contributed by atoms with Crippen molar-refractivity contribution >= 4 is 29.6 Å². The summed E-state index contributed by atoms with van der Waals surface area (Å²) in [5.74, 6) is -1.50. The maximum atomic E-state index is 11.7. The fourth-order valence-electron chi connectivity index (χ4n) is 2.96. The van der Waals surface area contributed by atoms with Crippen molar-refractivity contribution in [2.24, 2.45) is 0 Å². The molecule has 2 rings (SSSR count). The Kier molecular flexibility index (Phi) is 5.45. The molecule has 1 fully saturated rings. The fraction of sp³-hybridized carbons (Fsp3) is 0.562. The van der Waals surface area contributed by atoms with E-state index in [2.05, 4.69) is 20.0 Å². The number of quaternary nitrogens is 1. The van der Waals surface area contributed by atoms with Crippen LogP contribution in [0.25, 0.3) is 0 Å². The Morgan fingerprint density at radius 3 is 2.15 bits per heavy atom. The number of anilines is 2. The summed E-state index contributed by atoms with van der Waals surface area (Å²) in [7, 11) is 1.11. The standard InChI is InChI=1S/C16H23N5O5/c1-16(2,3)21(15(24)25)7-5-20(6-8-21)14-17-9-11(10-18-14)19-12(22)13(23)26-4/h9-10H,5-8H2,1-4H3,(H-,19,22,24,25). The summed E-state index contributed by atoms with van der Waals surface area (Å²) in [5.41, 5.74) is -0.218. The van der Waals surface area contributed by atoms with Crippen LogP contribution in [0.1, 0.15) is 20.8 Å². The predicted molar refractivity (Wildman–Crippen MR) is 90.0 cm³/mol. The molecule has 1 aliphatic rings. The van der Waals surface area contributed by atoms with Gasteiger partial charge in [0.15, 0.2) is 0 Å². The number of carbonyl (C=O) groups excluding carboxylic acids is 3. The Hall–Kier alpha value is -2.75. The first-order valence-corrected chi connectivity index (χ1v) is 8.16. The van der Waals surface area contributed by atoms with Gasteiger partial charge in [-0.3, -0.25) is 9.28 Å². The van der Waals surface area contributed by atoms with Crippen molar-refractivity contribution in [2.75, 3.05) is 43.5 Å². The van der Waals surface area contributed by atoms with Crippen molar-refractivity contribution in [3.63, 3.8) is 0 Å². The Balaban J connectivity index is 2.05. The quantitative estimate of drug-likeness (QED) is 0.417. The van der Waals surface area contributed by atoms with E-state index >= 15 is 0 Å². The maximum absolute atomic E-state index is 11.7. The summed E-state index contributed by atoms with van der Waals surface area (Å²) in [4.78, 5) is 44.5. The number of piperazine rings is 1. The van der Waals surface area contributed by atoms with Crippen molar-refractivity contribution in [1.29, 1.82) is 0 Å². The summed E-state index contributed by atoms with van der Waals surface area (Å²) in [6.45, 7) is 7.31. The predicted octanol–water partition coefficient (Wildman–Crippen LogP) is -0.633. The number of methoxy groups -OCH3 is 1. The van der Waals surface area contributed by atoms with Crippen molar-refractivity contribution in [2.45, 2.75) is 26.3 Å². The lowest BCUT2D eigenvalue weighted by molar-refractivity contribution is -0.920. The Bertz CT molecular complexity index is 690. The van der Waals surface area contributed by atoms with Crippen molar-refractivity contribution in [3.8, 4) is 0 Å². The van der Waals surface area contributed by atoms with Gasteiger partial charge in [0.1, 0.15) is 13.1 Å². The molecular formula is C16H23N5O5. The van der Waals surface area contributed by atoms with Crippen LogP contribution in [0.4, 0.5) is 16.4 Å². The summed E-state index contributed by atoms with van der Waals surface area (Å²) >= 11 is 0. The van der Waals surface area contributed by atoms with Crippen LogP contribution in [0, 0.1) is 0 Å². The molecule has 0 aliphatic carbocycles. The van der Waals surface area contributed by atoms with E-state index in [0.29, 0.717) is 32.1 Å². The zero-order chi connectivity index (χ0) is 19.5. The second-order valence-corrected chi connectivity index (χ2v) is 7.06. The average molecular weight is 365 g/mol. The third kappa shape index (κ3) is 3.74. The van der Waals surface area contributed by atoms with Gasteiger partial charge >= 0.3 is 11.9 Å². The molecule has 1 aliphatic heterocycles. The molecule has 0 aromatic carbocycles. The van der Waals surface area contributed by atoms with E-state index in [0.717, 1.165) is 7.11 Å². The molecule has 0 unspecified atom stereocenters. The number of hydrogen-bond donors (Lipinski definition) is 1. The van der Waals surface area contributed by atoms with Gasteiger partial charge in [-0.05, 0) is 20.8 Å². The molecule has 1 N–H and O–H groups in total. The average Bonchev–Trinajstić information content (AvgIpc) is 2.60. The molecule has 1 aromatic rings. The van der Waals surface area contributed by atoms with E-state index in [4.69, 9.17) is 0 Å².